The molecule has 1 aromatic carbocycles. The second-order valence-corrected chi connectivity index (χ2v) is 6.38. The Morgan fingerprint density at radius 1 is 1.33 bits per heavy atom. The summed E-state index contributed by atoms with van der Waals surface area (Å²) in [6.07, 6.45) is 1.88. The lowest BCUT2D eigenvalue weighted by Crippen LogP contribution is -2.46. The Bertz CT molecular complexity index is 573. The van der Waals surface area contributed by atoms with Gasteiger partial charge in [-0.15, -0.1) is 11.3 Å². The Morgan fingerprint density at radius 3 is 2.95 bits per heavy atom. The van der Waals surface area contributed by atoms with Crippen LogP contribution in [0.2, 0.25) is 0 Å². The van der Waals surface area contributed by atoms with Crippen molar-refractivity contribution in [1.82, 2.24) is 14.8 Å². The summed E-state index contributed by atoms with van der Waals surface area (Å²) in [6.45, 7) is 4.10. The lowest BCUT2D eigenvalue weighted by atomic mass is 10.0. The lowest BCUT2D eigenvalue weighted by Gasteiger charge is -2.39. The predicted octanol–water partition coefficient (Wildman–Crippen LogP) is 2.64. The molecule has 2 heterocycles. The molecule has 1 aliphatic rings. The standard InChI is InChI=1S/C16H21N3OS/c1-18-8-9-19(12-16-17-7-10-21-16)11-14(18)13-5-3-4-6-15(13)20-2/h3-7,10,14H,8-9,11-12H2,1-2H3/t14-/m0/s1. The molecule has 0 saturated carbocycles. The largest absolute Gasteiger partial charge is 0.496 e. The first-order chi connectivity index (χ1) is 10.3. The highest BCUT2D eigenvalue weighted by molar-refractivity contribution is 7.09. The minimum absolute atomic E-state index is 0.370. The van der Waals surface area contributed by atoms with Crippen LogP contribution in [0.5, 0.6) is 5.75 Å². The van der Waals surface area contributed by atoms with Crippen molar-refractivity contribution in [3.8, 4) is 5.75 Å². The highest BCUT2D eigenvalue weighted by atomic mass is 32.1. The number of likely N-dealkylation sites (N-methyl/N-ethyl adjacent to an activating group) is 1. The average molecular weight is 303 g/mol. The van der Waals surface area contributed by atoms with E-state index in [9.17, 15) is 0 Å². The highest BCUT2D eigenvalue weighted by Crippen LogP contribution is 2.31. The fraction of sp³-hybridized carbons (Fsp3) is 0.438. The fourth-order valence-corrected chi connectivity index (χ4v) is 3.53. The summed E-state index contributed by atoms with van der Waals surface area (Å²) in [4.78, 5) is 9.29. The number of thiazole rings is 1. The van der Waals surface area contributed by atoms with Gasteiger partial charge in [0.25, 0.3) is 0 Å². The molecule has 1 fully saturated rings. The summed E-state index contributed by atoms with van der Waals surface area (Å²) in [5.41, 5.74) is 1.27. The highest BCUT2D eigenvalue weighted by Gasteiger charge is 2.27. The molecule has 3 rings (SSSR count). The number of para-hydroxylation sites is 1. The summed E-state index contributed by atoms with van der Waals surface area (Å²) < 4.78 is 5.53. The quantitative estimate of drug-likeness (QED) is 0.868. The van der Waals surface area contributed by atoms with Crippen LogP contribution in [0.4, 0.5) is 0 Å². The van der Waals surface area contributed by atoms with Crippen molar-refractivity contribution in [3.63, 3.8) is 0 Å². The summed E-state index contributed by atoms with van der Waals surface area (Å²) >= 11 is 1.73. The molecule has 112 valence electrons. The number of methoxy groups -OCH3 is 1. The SMILES string of the molecule is COc1ccccc1[C@@H]1CN(Cc2nccs2)CCN1C. The molecule has 0 N–H and O–H groups in total. The Kier molecular flexibility index (Phi) is 4.53. The Morgan fingerprint density at radius 2 is 2.19 bits per heavy atom. The van der Waals surface area contributed by atoms with Gasteiger partial charge in [0.15, 0.2) is 0 Å². The summed E-state index contributed by atoms with van der Waals surface area (Å²) in [5.74, 6) is 0.977. The van der Waals surface area contributed by atoms with Crippen LogP contribution in [0.1, 0.15) is 16.6 Å². The summed E-state index contributed by atoms with van der Waals surface area (Å²) in [5, 5.41) is 3.24. The van der Waals surface area contributed by atoms with Crippen LogP contribution in [0, 0.1) is 0 Å². The van der Waals surface area contributed by atoms with Crippen molar-refractivity contribution in [1.29, 1.82) is 0 Å². The first kappa shape index (κ1) is 14.5. The third kappa shape index (κ3) is 3.26. The monoisotopic (exact) mass is 303 g/mol. The normalized spacial score (nSPS) is 20.6. The molecule has 4 nitrogen and oxygen atoms in total. The van der Waals surface area contributed by atoms with Crippen molar-refractivity contribution < 1.29 is 4.74 Å². The molecule has 0 unspecified atom stereocenters. The summed E-state index contributed by atoms with van der Waals surface area (Å²) in [7, 11) is 3.94. The second kappa shape index (κ2) is 6.56. The van der Waals surface area contributed by atoms with E-state index in [4.69, 9.17) is 4.74 Å². The molecule has 1 atom stereocenters. The second-order valence-electron chi connectivity index (χ2n) is 5.40. The van der Waals surface area contributed by atoms with E-state index in [2.05, 4.69) is 34.0 Å². The van der Waals surface area contributed by atoms with E-state index in [1.165, 1.54) is 10.6 Å². The van der Waals surface area contributed by atoms with E-state index in [1.54, 1.807) is 18.4 Å². The van der Waals surface area contributed by atoms with Crippen LogP contribution in [0.15, 0.2) is 35.8 Å². The van der Waals surface area contributed by atoms with Crippen molar-refractivity contribution >= 4 is 11.3 Å². The number of benzene rings is 1. The number of ether oxygens (including phenoxy) is 1. The van der Waals surface area contributed by atoms with E-state index in [0.29, 0.717) is 6.04 Å². The molecule has 0 amide bonds. The number of aromatic nitrogens is 1. The van der Waals surface area contributed by atoms with Gasteiger partial charge in [-0.2, -0.15) is 0 Å². The molecular formula is C16H21N3OS. The minimum Gasteiger partial charge on any atom is -0.496 e. The van der Waals surface area contributed by atoms with E-state index >= 15 is 0 Å². The van der Waals surface area contributed by atoms with Crippen molar-refractivity contribution in [2.45, 2.75) is 12.6 Å². The van der Waals surface area contributed by atoms with Crippen LogP contribution >= 0.6 is 11.3 Å². The first-order valence-corrected chi connectivity index (χ1v) is 8.10. The molecule has 1 saturated heterocycles. The number of piperazine rings is 1. The van der Waals surface area contributed by atoms with Gasteiger partial charge in [-0.1, -0.05) is 18.2 Å². The smallest absolute Gasteiger partial charge is 0.123 e. The maximum Gasteiger partial charge on any atom is 0.123 e. The zero-order chi connectivity index (χ0) is 14.7. The van der Waals surface area contributed by atoms with E-state index < -0.39 is 0 Å². The van der Waals surface area contributed by atoms with Crippen LogP contribution in [-0.4, -0.2) is 48.6 Å². The fourth-order valence-electron chi connectivity index (χ4n) is 2.87. The Hall–Kier alpha value is -1.43. The topological polar surface area (TPSA) is 28.6 Å². The van der Waals surface area contributed by atoms with Gasteiger partial charge >= 0.3 is 0 Å². The van der Waals surface area contributed by atoms with E-state index in [-0.39, 0.29) is 0 Å². The van der Waals surface area contributed by atoms with Gasteiger partial charge in [0.1, 0.15) is 10.8 Å². The minimum atomic E-state index is 0.370. The Labute approximate surface area is 130 Å². The first-order valence-electron chi connectivity index (χ1n) is 7.22. The van der Waals surface area contributed by atoms with Crippen LogP contribution in [-0.2, 0) is 6.54 Å². The third-order valence-corrected chi connectivity index (χ3v) is 4.84. The zero-order valence-electron chi connectivity index (χ0n) is 12.5. The Balaban J connectivity index is 1.77. The molecule has 0 radical (unpaired) electrons. The molecule has 5 heteroatoms. The maximum atomic E-state index is 5.53. The van der Waals surface area contributed by atoms with Gasteiger partial charge in [0.05, 0.1) is 19.7 Å². The number of hydrogen-bond acceptors (Lipinski definition) is 5. The van der Waals surface area contributed by atoms with E-state index in [1.807, 2.05) is 23.7 Å². The third-order valence-electron chi connectivity index (χ3n) is 4.07. The van der Waals surface area contributed by atoms with Gasteiger partial charge in [-0.3, -0.25) is 9.80 Å². The molecule has 0 aliphatic carbocycles. The number of rotatable bonds is 4. The maximum absolute atomic E-state index is 5.53. The van der Waals surface area contributed by atoms with Gasteiger partial charge in [-0.05, 0) is 13.1 Å². The molecule has 1 aromatic heterocycles. The van der Waals surface area contributed by atoms with Gasteiger partial charge in [0, 0.05) is 36.8 Å². The predicted molar refractivity (Wildman–Crippen MR) is 85.8 cm³/mol. The van der Waals surface area contributed by atoms with Crippen molar-refractivity contribution in [3.05, 3.63) is 46.4 Å². The van der Waals surface area contributed by atoms with Gasteiger partial charge in [0.2, 0.25) is 0 Å². The van der Waals surface area contributed by atoms with Crippen molar-refractivity contribution in [2.24, 2.45) is 0 Å². The van der Waals surface area contributed by atoms with Gasteiger partial charge in [-0.25, -0.2) is 4.98 Å². The van der Waals surface area contributed by atoms with E-state index in [0.717, 1.165) is 31.9 Å². The lowest BCUT2D eigenvalue weighted by molar-refractivity contribution is 0.0889. The van der Waals surface area contributed by atoms with Crippen LogP contribution < -0.4 is 4.74 Å². The van der Waals surface area contributed by atoms with Crippen molar-refractivity contribution in [2.75, 3.05) is 33.8 Å². The molecule has 0 bridgehead atoms. The average Bonchev–Trinajstić information content (AvgIpc) is 3.02. The number of hydrogen-bond donors (Lipinski definition) is 0. The van der Waals surface area contributed by atoms with Gasteiger partial charge < -0.3 is 4.74 Å². The molecule has 2 aromatic rings. The zero-order valence-corrected chi connectivity index (χ0v) is 13.3. The molecule has 1 aliphatic heterocycles. The summed E-state index contributed by atoms with van der Waals surface area (Å²) in [6, 6.07) is 8.70. The molecular weight excluding hydrogens is 282 g/mol. The number of nitrogens with zero attached hydrogens (tertiary/aromatic N) is 3. The molecule has 0 spiro atoms. The molecule has 21 heavy (non-hydrogen) atoms. The van der Waals surface area contributed by atoms with Crippen LogP contribution in [0.25, 0.3) is 0 Å². The van der Waals surface area contributed by atoms with Crippen LogP contribution in [0.3, 0.4) is 0 Å².